The van der Waals surface area contributed by atoms with Crippen molar-refractivity contribution >= 4 is 11.9 Å². The maximum Gasteiger partial charge on any atom is 0.490 e. The van der Waals surface area contributed by atoms with Crippen LogP contribution in [0.15, 0.2) is 35.1 Å². The van der Waals surface area contributed by atoms with E-state index in [4.69, 9.17) is 20.2 Å². The number of carbonyl (C=O) groups is 2. The molecule has 0 atom stereocenters. The molecule has 1 saturated heterocycles. The van der Waals surface area contributed by atoms with E-state index in [1.54, 1.807) is 29.4 Å². The van der Waals surface area contributed by atoms with E-state index < -0.39 is 12.1 Å². The summed E-state index contributed by atoms with van der Waals surface area (Å²) in [5.74, 6) is -1.91. The summed E-state index contributed by atoms with van der Waals surface area (Å²) < 4.78 is 36.9. The fraction of sp³-hybridized carbons (Fsp3) is 0.333. The molecular formula is C15H15F3N4O4. The normalized spacial score (nSPS) is 14.2. The molecule has 1 fully saturated rings. The summed E-state index contributed by atoms with van der Waals surface area (Å²) in [6.07, 6.45) is -1.73. The predicted molar refractivity (Wildman–Crippen MR) is 81.9 cm³/mol. The van der Waals surface area contributed by atoms with Gasteiger partial charge < -0.3 is 20.3 Å². The molecular weight excluding hydrogens is 357 g/mol. The third-order valence-electron chi connectivity index (χ3n) is 3.50. The van der Waals surface area contributed by atoms with Crippen molar-refractivity contribution in [3.05, 3.63) is 36.3 Å². The largest absolute Gasteiger partial charge is 0.490 e. The van der Waals surface area contributed by atoms with Crippen molar-refractivity contribution in [3.63, 3.8) is 0 Å². The molecule has 0 aromatic carbocycles. The van der Waals surface area contributed by atoms with E-state index in [-0.39, 0.29) is 5.91 Å². The van der Waals surface area contributed by atoms with Crippen LogP contribution in [0.25, 0.3) is 11.3 Å². The van der Waals surface area contributed by atoms with Crippen molar-refractivity contribution in [2.75, 3.05) is 19.6 Å². The minimum Gasteiger partial charge on any atom is -0.475 e. The van der Waals surface area contributed by atoms with Crippen LogP contribution in [0.3, 0.4) is 0 Å². The van der Waals surface area contributed by atoms with Gasteiger partial charge in [-0.1, -0.05) is 5.16 Å². The molecule has 3 N–H and O–H groups in total. The molecule has 140 valence electrons. The zero-order valence-corrected chi connectivity index (χ0v) is 13.3. The summed E-state index contributed by atoms with van der Waals surface area (Å²) in [6, 6.07) is 5.31. The molecule has 1 amide bonds. The highest BCUT2D eigenvalue weighted by atomic mass is 19.4. The average molecular weight is 372 g/mol. The number of aliphatic carboxylic acids is 1. The molecule has 0 aliphatic carbocycles. The third kappa shape index (κ3) is 4.79. The monoisotopic (exact) mass is 372 g/mol. The molecule has 0 spiro atoms. The smallest absolute Gasteiger partial charge is 0.475 e. The number of carboxylic acid groups (broad SMARTS) is 1. The van der Waals surface area contributed by atoms with E-state index >= 15 is 0 Å². The molecule has 2 aromatic rings. The number of pyridine rings is 1. The van der Waals surface area contributed by atoms with Crippen molar-refractivity contribution in [1.29, 1.82) is 0 Å². The molecule has 11 heteroatoms. The second-order valence-electron chi connectivity index (χ2n) is 5.43. The SMILES string of the molecule is NCC1CN(C(=O)c2cc(-c3cccnc3)on2)C1.O=C(O)C(F)(F)F. The number of carbonyl (C=O) groups excluding carboxylic acids is 1. The zero-order valence-electron chi connectivity index (χ0n) is 13.3. The van der Waals surface area contributed by atoms with Gasteiger partial charge in [0, 0.05) is 43.0 Å². The number of alkyl halides is 3. The zero-order chi connectivity index (χ0) is 19.3. The van der Waals surface area contributed by atoms with Crippen LogP contribution in [0.4, 0.5) is 13.2 Å². The summed E-state index contributed by atoms with van der Waals surface area (Å²) in [6.45, 7) is 2.01. The summed E-state index contributed by atoms with van der Waals surface area (Å²) >= 11 is 0. The number of rotatable bonds is 3. The van der Waals surface area contributed by atoms with Gasteiger partial charge in [0.25, 0.3) is 5.91 Å². The molecule has 0 bridgehead atoms. The molecule has 3 heterocycles. The van der Waals surface area contributed by atoms with Gasteiger partial charge in [-0.3, -0.25) is 9.78 Å². The maximum atomic E-state index is 12.1. The van der Waals surface area contributed by atoms with E-state index in [1.165, 1.54) is 0 Å². The Labute approximate surface area is 145 Å². The van der Waals surface area contributed by atoms with Gasteiger partial charge in [-0.15, -0.1) is 0 Å². The number of aromatic nitrogens is 2. The predicted octanol–water partition coefficient (Wildman–Crippen LogP) is 1.40. The van der Waals surface area contributed by atoms with Gasteiger partial charge in [0.05, 0.1) is 0 Å². The Bertz CT molecular complexity index is 758. The van der Waals surface area contributed by atoms with Crippen molar-refractivity contribution in [1.82, 2.24) is 15.0 Å². The van der Waals surface area contributed by atoms with Crippen molar-refractivity contribution in [2.24, 2.45) is 11.7 Å². The second kappa shape index (κ2) is 7.95. The first kappa shape index (κ1) is 19.4. The number of likely N-dealkylation sites (tertiary alicyclic amines) is 1. The molecule has 8 nitrogen and oxygen atoms in total. The van der Waals surface area contributed by atoms with Crippen LogP contribution in [0.2, 0.25) is 0 Å². The van der Waals surface area contributed by atoms with Gasteiger partial charge in [-0.2, -0.15) is 13.2 Å². The van der Waals surface area contributed by atoms with E-state index in [1.807, 2.05) is 6.07 Å². The minimum absolute atomic E-state index is 0.108. The molecule has 0 radical (unpaired) electrons. The molecule has 26 heavy (non-hydrogen) atoms. The van der Waals surface area contributed by atoms with Gasteiger partial charge in [0.2, 0.25) is 0 Å². The van der Waals surface area contributed by atoms with Crippen molar-refractivity contribution in [2.45, 2.75) is 6.18 Å². The van der Waals surface area contributed by atoms with Crippen LogP contribution in [0, 0.1) is 5.92 Å². The number of halogens is 3. The summed E-state index contributed by atoms with van der Waals surface area (Å²) in [5.41, 5.74) is 6.67. The highest BCUT2D eigenvalue weighted by molar-refractivity contribution is 5.93. The van der Waals surface area contributed by atoms with Crippen LogP contribution < -0.4 is 5.73 Å². The van der Waals surface area contributed by atoms with Gasteiger partial charge in [0.15, 0.2) is 11.5 Å². The maximum absolute atomic E-state index is 12.1. The van der Waals surface area contributed by atoms with Crippen LogP contribution in [-0.4, -0.2) is 57.8 Å². The number of hydrogen-bond donors (Lipinski definition) is 2. The van der Waals surface area contributed by atoms with Crippen LogP contribution in [0.5, 0.6) is 0 Å². The molecule has 1 aliphatic heterocycles. The highest BCUT2D eigenvalue weighted by Gasteiger charge is 2.38. The van der Waals surface area contributed by atoms with Crippen LogP contribution in [-0.2, 0) is 4.79 Å². The Morgan fingerprint density at radius 3 is 2.54 bits per heavy atom. The number of nitrogens with zero attached hydrogens (tertiary/aromatic N) is 3. The standard InChI is InChI=1S/C13H14N4O2.C2HF3O2/c14-5-9-7-17(8-9)13(18)11-4-12(19-16-11)10-2-1-3-15-6-10;3-2(4,5)1(6)7/h1-4,6,9H,5,7-8,14H2;(H,6,7). The van der Waals surface area contributed by atoms with Crippen molar-refractivity contribution < 1.29 is 32.4 Å². The Morgan fingerprint density at radius 1 is 1.38 bits per heavy atom. The second-order valence-corrected chi connectivity index (χ2v) is 5.43. The number of amides is 1. The Hall–Kier alpha value is -2.95. The Kier molecular flexibility index (Phi) is 5.93. The van der Waals surface area contributed by atoms with Crippen molar-refractivity contribution in [3.8, 4) is 11.3 Å². The first-order valence-electron chi connectivity index (χ1n) is 7.39. The lowest BCUT2D eigenvalue weighted by Crippen LogP contribution is -2.52. The van der Waals surface area contributed by atoms with E-state index in [0.29, 0.717) is 37.0 Å². The Balaban J connectivity index is 0.000000298. The molecule has 2 aromatic heterocycles. The lowest BCUT2D eigenvalue weighted by molar-refractivity contribution is -0.192. The molecule has 1 aliphatic rings. The summed E-state index contributed by atoms with van der Waals surface area (Å²) in [7, 11) is 0. The summed E-state index contributed by atoms with van der Waals surface area (Å²) in [4.78, 5) is 26.7. The minimum atomic E-state index is -5.08. The van der Waals surface area contributed by atoms with Gasteiger partial charge in [0.1, 0.15) is 0 Å². The Morgan fingerprint density at radius 2 is 2.04 bits per heavy atom. The molecule has 0 saturated carbocycles. The highest BCUT2D eigenvalue weighted by Crippen LogP contribution is 2.22. The quantitative estimate of drug-likeness (QED) is 0.835. The number of hydrogen-bond acceptors (Lipinski definition) is 6. The number of nitrogens with two attached hydrogens (primary N) is 1. The fourth-order valence-electron chi connectivity index (χ4n) is 2.07. The summed E-state index contributed by atoms with van der Waals surface area (Å²) in [5, 5.41) is 10.9. The van der Waals surface area contributed by atoms with E-state index in [9.17, 15) is 18.0 Å². The molecule has 3 rings (SSSR count). The first-order valence-corrected chi connectivity index (χ1v) is 7.39. The van der Waals surface area contributed by atoms with Crippen LogP contribution in [0.1, 0.15) is 10.5 Å². The molecule has 0 unspecified atom stereocenters. The average Bonchev–Trinajstić information content (AvgIpc) is 3.04. The topological polar surface area (TPSA) is 123 Å². The lowest BCUT2D eigenvalue weighted by Gasteiger charge is -2.37. The van der Waals surface area contributed by atoms with Gasteiger partial charge in [-0.05, 0) is 18.7 Å². The van der Waals surface area contributed by atoms with E-state index in [0.717, 1.165) is 5.56 Å². The third-order valence-corrected chi connectivity index (χ3v) is 3.50. The first-order chi connectivity index (χ1) is 12.2. The van der Waals surface area contributed by atoms with Gasteiger partial charge in [-0.25, -0.2) is 4.79 Å². The van der Waals surface area contributed by atoms with Crippen LogP contribution >= 0.6 is 0 Å². The van der Waals surface area contributed by atoms with E-state index in [2.05, 4.69) is 10.1 Å². The fourth-order valence-corrected chi connectivity index (χ4v) is 2.07. The lowest BCUT2D eigenvalue weighted by atomic mass is 10.00. The van der Waals surface area contributed by atoms with Gasteiger partial charge >= 0.3 is 12.1 Å². The number of carboxylic acids is 1.